The van der Waals surface area contributed by atoms with Crippen LogP contribution >= 0.6 is 0 Å². The number of β-lactam (4-membered cyclic amide) rings is 1. The number of benzene rings is 1. The van der Waals surface area contributed by atoms with Gasteiger partial charge in [-0.25, -0.2) is 9.79 Å². The van der Waals surface area contributed by atoms with E-state index in [1.54, 1.807) is 23.1 Å². The lowest BCUT2D eigenvalue weighted by Crippen LogP contribution is -2.52. The number of rotatable bonds is 4. The van der Waals surface area contributed by atoms with E-state index in [0.29, 0.717) is 35.7 Å². The highest BCUT2D eigenvalue weighted by atomic mass is 16.5. The number of furan rings is 1. The van der Waals surface area contributed by atoms with E-state index in [1.807, 2.05) is 6.07 Å². The molecule has 0 spiro atoms. The molecule has 3 atom stereocenters. The maximum atomic E-state index is 13.2. The van der Waals surface area contributed by atoms with Gasteiger partial charge in [0.1, 0.15) is 28.8 Å². The predicted molar refractivity (Wildman–Crippen MR) is 123 cm³/mol. The van der Waals surface area contributed by atoms with Crippen LogP contribution in [0.2, 0.25) is 0 Å². The third-order valence-electron chi connectivity index (χ3n) is 7.55. The van der Waals surface area contributed by atoms with Crippen molar-refractivity contribution >= 4 is 35.3 Å². The van der Waals surface area contributed by atoms with Gasteiger partial charge in [0.2, 0.25) is 5.91 Å². The van der Waals surface area contributed by atoms with Gasteiger partial charge >= 0.3 is 6.03 Å². The number of hydrogen-bond acceptors (Lipinski definition) is 7. The van der Waals surface area contributed by atoms with Gasteiger partial charge in [-0.3, -0.25) is 24.6 Å². The molecule has 2 aromatic rings. The van der Waals surface area contributed by atoms with Crippen molar-refractivity contribution in [3.63, 3.8) is 0 Å². The summed E-state index contributed by atoms with van der Waals surface area (Å²) in [5, 5.41) is 5.00. The van der Waals surface area contributed by atoms with Gasteiger partial charge in [0.05, 0.1) is 13.7 Å². The summed E-state index contributed by atoms with van der Waals surface area (Å²) in [6.45, 7) is 0.835. The Balaban J connectivity index is 0.00000140. The quantitative estimate of drug-likeness (QED) is 0.508. The van der Waals surface area contributed by atoms with Gasteiger partial charge in [-0.05, 0) is 24.1 Å². The number of carbonyl (C=O) groups excluding carboxylic acids is 4. The number of imide groups is 1. The Kier molecular flexibility index (Phi) is 3.88. The van der Waals surface area contributed by atoms with Gasteiger partial charge in [0, 0.05) is 45.8 Å². The zero-order valence-corrected chi connectivity index (χ0v) is 18.8. The highest BCUT2D eigenvalue weighted by Crippen LogP contribution is 2.57. The topological polar surface area (TPSA) is 134 Å². The number of urea groups is 1. The van der Waals surface area contributed by atoms with E-state index in [9.17, 15) is 19.2 Å². The molecule has 0 radical (unpaired) electrons. The third kappa shape index (κ3) is 2.74. The number of fused-ring (bicyclic) bond motifs is 4. The lowest BCUT2D eigenvalue weighted by Gasteiger charge is -2.32. The summed E-state index contributed by atoms with van der Waals surface area (Å²) in [6.07, 6.45) is 1.34. The second-order valence-electron chi connectivity index (χ2n) is 9.57. The summed E-state index contributed by atoms with van der Waals surface area (Å²) in [5.41, 5.74) is 0.270. The van der Waals surface area contributed by atoms with E-state index < -0.39 is 17.5 Å². The van der Waals surface area contributed by atoms with E-state index in [0.717, 1.165) is 17.8 Å². The molecule has 2 unspecified atom stereocenters. The van der Waals surface area contributed by atoms with Gasteiger partial charge in [0.25, 0.3) is 11.8 Å². The monoisotopic (exact) mass is 479 g/mol. The molecule has 35 heavy (non-hydrogen) atoms. The van der Waals surface area contributed by atoms with Crippen LogP contribution in [0.1, 0.15) is 49.1 Å². The zero-order chi connectivity index (χ0) is 24.1. The molecule has 5 aliphatic rings. The Morgan fingerprint density at radius 2 is 2.09 bits per heavy atom. The van der Waals surface area contributed by atoms with Crippen LogP contribution in [0, 0.1) is 5.92 Å². The minimum absolute atomic E-state index is 0. The van der Waals surface area contributed by atoms with E-state index in [-0.39, 0.29) is 45.4 Å². The molecule has 182 valence electrons. The molecule has 4 aliphatic heterocycles. The number of amidine groups is 1. The van der Waals surface area contributed by atoms with E-state index in [2.05, 4.69) is 10.6 Å². The van der Waals surface area contributed by atoms with Crippen molar-refractivity contribution in [2.24, 2.45) is 10.9 Å². The van der Waals surface area contributed by atoms with Gasteiger partial charge < -0.3 is 19.4 Å². The summed E-state index contributed by atoms with van der Waals surface area (Å²) in [6, 6.07) is 6.26. The lowest BCUT2D eigenvalue weighted by atomic mass is 9.95. The van der Waals surface area contributed by atoms with Crippen molar-refractivity contribution in [2.45, 2.75) is 30.8 Å². The number of hydrogen-bond donors (Lipinski definition) is 2. The summed E-state index contributed by atoms with van der Waals surface area (Å²) in [7, 11) is 1.53. The fourth-order valence-electron chi connectivity index (χ4n) is 5.49. The van der Waals surface area contributed by atoms with Crippen molar-refractivity contribution in [1.82, 2.24) is 20.4 Å². The van der Waals surface area contributed by atoms with Gasteiger partial charge in [-0.2, -0.15) is 0 Å². The Morgan fingerprint density at radius 3 is 2.77 bits per heavy atom. The fraction of sp³-hybridized carbons (Fsp3) is 0.375. The summed E-state index contributed by atoms with van der Waals surface area (Å²) in [4.78, 5) is 58.5. The highest BCUT2D eigenvalue weighted by Gasteiger charge is 2.56. The van der Waals surface area contributed by atoms with E-state index >= 15 is 0 Å². The first-order chi connectivity index (χ1) is 16.9. The fourth-order valence-corrected chi connectivity index (χ4v) is 5.49. The number of likely N-dealkylation sites (tertiary alicyclic amines) is 1. The number of nitrogens with zero attached hydrogens (tertiary/aromatic N) is 3. The van der Waals surface area contributed by atoms with Crippen molar-refractivity contribution in [1.29, 1.82) is 0 Å². The predicted octanol–water partition coefficient (Wildman–Crippen LogP) is 1.85. The molecule has 1 aromatic heterocycles. The Bertz CT molecular complexity index is 1410. The maximum Gasteiger partial charge on any atom is 0.322 e. The summed E-state index contributed by atoms with van der Waals surface area (Å²) >= 11 is 0. The number of aliphatic imine (C=N–C) groups is 1. The number of nitrogens with one attached hydrogen (secondary N) is 2. The molecule has 5 amide bonds. The van der Waals surface area contributed by atoms with Crippen LogP contribution < -0.4 is 15.4 Å². The van der Waals surface area contributed by atoms with Crippen LogP contribution in [0.3, 0.4) is 0 Å². The second-order valence-corrected chi connectivity index (χ2v) is 9.57. The normalized spacial score (nSPS) is 28.1. The van der Waals surface area contributed by atoms with Crippen LogP contribution in [-0.4, -0.2) is 59.6 Å². The van der Waals surface area contributed by atoms with Crippen LogP contribution in [0.5, 0.6) is 5.75 Å². The number of methoxy groups -OCH3 is 1. The zero-order valence-electron chi connectivity index (χ0n) is 18.8. The number of amides is 5. The standard InChI is InChI=1S/C24H21N5O6.2H2/c1-34-12-3-2-11-9-28(21(31)13(11)6-12)10-24(22(32)26-23(33)27-24)17-8-16-19(35-17)14-7-15(14)20(25-16)29-5-4-18(29)30;;/h2-3,6,8,14-15H,4-5,7,9-10H2,1H3,(H2,26,27,32,33);2*1H/t14?,15?,24-;;/m0../s1. The molecule has 1 aliphatic carbocycles. The Hall–Kier alpha value is -4.15. The Morgan fingerprint density at radius 1 is 1.23 bits per heavy atom. The third-order valence-corrected chi connectivity index (χ3v) is 7.55. The lowest BCUT2D eigenvalue weighted by molar-refractivity contribution is -0.134. The Labute approximate surface area is 202 Å². The minimum Gasteiger partial charge on any atom is -0.497 e. The van der Waals surface area contributed by atoms with Crippen molar-refractivity contribution in [3.8, 4) is 5.75 Å². The van der Waals surface area contributed by atoms with Crippen molar-refractivity contribution in [2.75, 3.05) is 20.2 Å². The first-order valence-electron chi connectivity index (χ1n) is 11.5. The molecule has 0 bridgehead atoms. The molecule has 2 saturated heterocycles. The molecule has 1 aromatic carbocycles. The van der Waals surface area contributed by atoms with Gasteiger partial charge in [-0.1, -0.05) is 6.07 Å². The summed E-state index contributed by atoms with van der Waals surface area (Å²) < 4.78 is 11.4. The molecule has 1 saturated carbocycles. The molecule has 3 fully saturated rings. The molecule has 7 rings (SSSR count). The molecule has 2 N–H and O–H groups in total. The smallest absolute Gasteiger partial charge is 0.322 e. The van der Waals surface area contributed by atoms with Crippen LogP contribution in [0.25, 0.3) is 0 Å². The molecule has 11 heteroatoms. The first-order valence-corrected chi connectivity index (χ1v) is 11.5. The molecular weight excluding hydrogens is 454 g/mol. The first kappa shape index (κ1) is 20.2. The molecule has 11 nitrogen and oxygen atoms in total. The van der Waals surface area contributed by atoms with Crippen molar-refractivity contribution < 1.29 is 31.2 Å². The van der Waals surface area contributed by atoms with Gasteiger partial charge in [0.15, 0.2) is 5.54 Å². The van der Waals surface area contributed by atoms with Gasteiger partial charge in [-0.15, -0.1) is 0 Å². The largest absolute Gasteiger partial charge is 0.497 e. The number of ether oxygens (including phenoxy) is 1. The minimum atomic E-state index is -1.59. The van der Waals surface area contributed by atoms with E-state index in [1.165, 1.54) is 12.0 Å². The van der Waals surface area contributed by atoms with Crippen molar-refractivity contribution in [3.05, 3.63) is 46.9 Å². The van der Waals surface area contributed by atoms with Crippen LogP contribution in [0.15, 0.2) is 33.7 Å². The van der Waals surface area contributed by atoms with Crippen LogP contribution in [-0.2, 0) is 21.7 Å². The SMILES string of the molecule is COc1ccc2c(c1)C(=O)N(C[C@@]1(c3cc4c(o3)C3CC3C(N3CCC3=O)=N4)NC(=O)NC1=O)C2.[HH].[HH]. The average molecular weight is 479 g/mol. The van der Waals surface area contributed by atoms with Crippen LogP contribution in [0.4, 0.5) is 10.5 Å². The highest BCUT2D eigenvalue weighted by molar-refractivity contribution is 6.09. The maximum absolute atomic E-state index is 13.2. The molecule has 5 heterocycles. The second kappa shape index (κ2) is 6.71. The average Bonchev–Trinajstić information content (AvgIpc) is 3.31. The summed E-state index contributed by atoms with van der Waals surface area (Å²) in [5.74, 6) is 1.59. The van der Waals surface area contributed by atoms with E-state index in [4.69, 9.17) is 14.1 Å². The number of carbonyl (C=O) groups is 4. The molecular formula is C24H25N5O6.